The zero-order chi connectivity index (χ0) is 23.3. The second kappa shape index (κ2) is 9.81. The minimum Gasteiger partial charge on any atom is -0.456 e. The molecule has 2 aromatic heterocycles. The normalized spacial score (nSPS) is 17.7. The molecule has 9 heteroatoms. The van der Waals surface area contributed by atoms with E-state index in [9.17, 15) is 9.59 Å². The van der Waals surface area contributed by atoms with Crippen LogP contribution in [0.3, 0.4) is 0 Å². The fourth-order valence-electron chi connectivity index (χ4n) is 4.51. The van der Waals surface area contributed by atoms with E-state index in [2.05, 4.69) is 20.6 Å². The number of nitrogens with one attached hydrogen (secondary N) is 3. The van der Waals surface area contributed by atoms with Crippen LogP contribution < -0.4 is 15.4 Å². The largest absolute Gasteiger partial charge is 0.456 e. The summed E-state index contributed by atoms with van der Waals surface area (Å²) in [5.74, 6) is 1.33. The van der Waals surface area contributed by atoms with Gasteiger partial charge in [-0.3, -0.25) is 20.0 Å². The highest BCUT2D eigenvalue weighted by atomic mass is 16.5. The Kier molecular flexibility index (Phi) is 6.67. The maximum atomic E-state index is 12.9. The monoisotopic (exact) mass is 448 g/mol. The van der Waals surface area contributed by atoms with Crippen LogP contribution in [0.25, 0.3) is 5.57 Å². The summed E-state index contributed by atoms with van der Waals surface area (Å²) in [6, 6.07) is 6.33. The van der Waals surface area contributed by atoms with Crippen LogP contribution >= 0.6 is 0 Å². The maximum absolute atomic E-state index is 12.9. The van der Waals surface area contributed by atoms with Gasteiger partial charge in [-0.25, -0.2) is 9.78 Å². The quantitative estimate of drug-likeness (QED) is 0.570. The average Bonchev–Trinajstić information content (AvgIpc) is 3.14. The Morgan fingerprint density at radius 2 is 1.97 bits per heavy atom. The smallest absolute Gasteiger partial charge is 0.329 e. The first-order valence-electron chi connectivity index (χ1n) is 11.2. The van der Waals surface area contributed by atoms with Crippen molar-refractivity contribution in [1.29, 1.82) is 5.41 Å². The molecular formula is C24H28N6O3. The molecular weight excluding hydrogens is 420 g/mol. The van der Waals surface area contributed by atoms with Gasteiger partial charge in [0.25, 0.3) is 0 Å². The number of aromatic nitrogens is 2. The minimum atomic E-state index is -0.433. The Hall–Kier alpha value is -3.75. The number of hydrogen-bond donors (Lipinski definition) is 3. The van der Waals surface area contributed by atoms with Gasteiger partial charge in [0, 0.05) is 43.8 Å². The third kappa shape index (κ3) is 4.87. The van der Waals surface area contributed by atoms with E-state index in [0.29, 0.717) is 35.1 Å². The molecule has 2 fully saturated rings. The highest BCUT2D eigenvalue weighted by molar-refractivity contribution is 6.07. The molecule has 1 aliphatic carbocycles. The Labute approximate surface area is 192 Å². The number of likely N-dealkylation sites (tertiary alicyclic amines) is 1. The lowest BCUT2D eigenvalue weighted by molar-refractivity contribution is -0.135. The van der Waals surface area contributed by atoms with Crippen LogP contribution in [-0.2, 0) is 4.79 Å². The molecule has 2 aromatic rings. The third-order valence-corrected chi connectivity index (χ3v) is 6.26. The molecule has 3 N–H and O–H groups in total. The van der Waals surface area contributed by atoms with Crippen molar-refractivity contribution >= 4 is 29.5 Å². The lowest BCUT2D eigenvalue weighted by Crippen LogP contribution is -2.41. The number of hydrogen-bond acceptors (Lipinski definition) is 7. The van der Waals surface area contributed by atoms with Crippen LogP contribution in [0.5, 0.6) is 11.5 Å². The molecule has 0 aromatic carbocycles. The van der Waals surface area contributed by atoms with E-state index < -0.39 is 6.03 Å². The van der Waals surface area contributed by atoms with Gasteiger partial charge in [0.2, 0.25) is 5.91 Å². The summed E-state index contributed by atoms with van der Waals surface area (Å²) in [5, 5.41) is 13.1. The van der Waals surface area contributed by atoms with Crippen molar-refractivity contribution in [3.63, 3.8) is 0 Å². The van der Waals surface area contributed by atoms with Crippen molar-refractivity contribution in [3.8, 4) is 11.5 Å². The van der Waals surface area contributed by atoms with Crippen molar-refractivity contribution < 1.29 is 14.3 Å². The fraction of sp³-hybridized carbons (Fsp3) is 0.375. The molecule has 3 heterocycles. The number of ether oxygens (including phenoxy) is 1. The zero-order valence-electron chi connectivity index (χ0n) is 18.6. The lowest BCUT2D eigenvalue weighted by Gasteiger charge is -2.31. The lowest BCUT2D eigenvalue weighted by atomic mass is 9.73. The van der Waals surface area contributed by atoms with E-state index in [1.807, 2.05) is 0 Å². The van der Waals surface area contributed by atoms with Gasteiger partial charge in [0.1, 0.15) is 17.3 Å². The van der Waals surface area contributed by atoms with E-state index >= 15 is 0 Å². The maximum Gasteiger partial charge on any atom is 0.329 e. The zero-order valence-corrected chi connectivity index (χ0v) is 18.6. The predicted molar refractivity (Wildman–Crippen MR) is 125 cm³/mol. The number of pyridine rings is 2. The number of rotatable bonds is 6. The first kappa shape index (κ1) is 22.4. The summed E-state index contributed by atoms with van der Waals surface area (Å²) >= 11 is 0. The summed E-state index contributed by atoms with van der Waals surface area (Å²) in [5.41, 5.74) is 0.870. The molecule has 1 saturated heterocycles. The topological polar surface area (TPSA) is 120 Å². The Morgan fingerprint density at radius 1 is 1.15 bits per heavy atom. The molecule has 1 saturated carbocycles. The van der Waals surface area contributed by atoms with Crippen LogP contribution in [0, 0.1) is 10.8 Å². The van der Waals surface area contributed by atoms with Gasteiger partial charge in [-0.05, 0) is 37.5 Å². The number of carbonyl (C=O) groups is 2. The van der Waals surface area contributed by atoms with Crippen LogP contribution in [0.2, 0.25) is 0 Å². The van der Waals surface area contributed by atoms with Crippen LogP contribution in [0.1, 0.15) is 44.2 Å². The molecule has 1 aliphatic heterocycles. The van der Waals surface area contributed by atoms with Crippen molar-refractivity contribution in [2.75, 3.05) is 18.9 Å². The SMILES string of the molecule is CN/C=C(\C=N)c1cc(Oc2ccc(NC(=O)N3CCC4(CCCCC4)C3=O)nc2)ccn1. The number of nitrogens with zero attached hydrogens (tertiary/aromatic N) is 3. The molecule has 4 rings (SSSR count). The number of amides is 3. The first-order valence-corrected chi connectivity index (χ1v) is 11.2. The van der Waals surface area contributed by atoms with Gasteiger partial charge in [-0.1, -0.05) is 19.3 Å². The van der Waals surface area contributed by atoms with Crippen LogP contribution in [-0.4, -0.2) is 46.6 Å². The summed E-state index contributed by atoms with van der Waals surface area (Å²) in [6.07, 6.45) is 11.8. The fourth-order valence-corrected chi connectivity index (χ4v) is 4.51. The summed E-state index contributed by atoms with van der Waals surface area (Å²) < 4.78 is 5.84. The molecule has 3 amide bonds. The molecule has 33 heavy (non-hydrogen) atoms. The minimum absolute atomic E-state index is 0.0511. The third-order valence-electron chi connectivity index (χ3n) is 6.26. The summed E-state index contributed by atoms with van der Waals surface area (Å²) in [4.78, 5) is 35.4. The number of allylic oxidation sites excluding steroid dienone is 1. The Bertz CT molecular complexity index is 1060. The van der Waals surface area contributed by atoms with Gasteiger partial charge < -0.3 is 15.5 Å². The molecule has 0 unspecified atom stereocenters. The van der Waals surface area contributed by atoms with E-state index in [0.717, 1.165) is 38.5 Å². The highest BCUT2D eigenvalue weighted by Crippen LogP contribution is 2.44. The first-order chi connectivity index (χ1) is 16.0. The molecule has 1 spiro atoms. The van der Waals surface area contributed by atoms with Crippen molar-refractivity contribution in [1.82, 2.24) is 20.2 Å². The van der Waals surface area contributed by atoms with Crippen LogP contribution in [0.15, 0.2) is 42.9 Å². The standard InChI is InChI=1S/C24H28N6O3/c1-26-15-17(14-25)20-13-18(7-11-27-20)33-19-5-6-21(28-16-19)29-23(32)30-12-10-24(22(30)31)8-3-2-4-9-24/h5-7,11,13-16,25-26H,2-4,8-10,12H2,1H3,(H,28,29,32)/b17-15+,25-14?. The Balaban J connectivity index is 1.38. The number of anilines is 1. The van der Waals surface area contributed by atoms with E-state index in [-0.39, 0.29) is 11.3 Å². The van der Waals surface area contributed by atoms with Crippen LogP contribution in [0.4, 0.5) is 10.6 Å². The molecule has 2 aliphatic rings. The Morgan fingerprint density at radius 3 is 2.67 bits per heavy atom. The van der Waals surface area contributed by atoms with Gasteiger partial charge in [0.05, 0.1) is 17.3 Å². The number of imide groups is 1. The summed E-state index contributed by atoms with van der Waals surface area (Å²) in [6.45, 7) is 0.454. The molecule has 0 radical (unpaired) electrons. The van der Waals surface area contributed by atoms with Gasteiger partial charge in [-0.15, -0.1) is 0 Å². The van der Waals surface area contributed by atoms with E-state index in [4.69, 9.17) is 10.1 Å². The van der Waals surface area contributed by atoms with E-state index in [1.54, 1.807) is 43.7 Å². The predicted octanol–water partition coefficient (Wildman–Crippen LogP) is 4.19. The number of carbonyl (C=O) groups excluding carboxylic acids is 2. The molecule has 9 nitrogen and oxygen atoms in total. The number of urea groups is 1. The van der Waals surface area contributed by atoms with E-state index in [1.165, 1.54) is 17.3 Å². The molecule has 172 valence electrons. The van der Waals surface area contributed by atoms with Crippen molar-refractivity contribution in [3.05, 3.63) is 48.6 Å². The highest BCUT2D eigenvalue weighted by Gasteiger charge is 2.48. The van der Waals surface area contributed by atoms with Crippen molar-refractivity contribution in [2.45, 2.75) is 38.5 Å². The average molecular weight is 449 g/mol. The summed E-state index contributed by atoms with van der Waals surface area (Å²) in [7, 11) is 1.75. The second-order valence-electron chi connectivity index (χ2n) is 8.37. The molecule has 0 atom stereocenters. The second-order valence-corrected chi connectivity index (χ2v) is 8.37. The molecule has 0 bridgehead atoms. The van der Waals surface area contributed by atoms with Crippen molar-refractivity contribution in [2.24, 2.45) is 5.41 Å². The van der Waals surface area contributed by atoms with Gasteiger partial charge in [-0.2, -0.15) is 0 Å². The van der Waals surface area contributed by atoms with Gasteiger partial charge >= 0.3 is 6.03 Å². The van der Waals surface area contributed by atoms with Gasteiger partial charge in [0.15, 0.2) is 0 Å².